The summed E-state index contributed by atoms with van der Waals surface area (Å²) in [7, 11) is 0. The molecular weight excluding hydrogens is 201 g/mol. The van der Waals surface area contributed by atoms with Gasteiger partial charge < -0.3 is 4.74 Å². The smallest absolute Gasteiger partial charge is 0.425 e. The van der Waals surface area contributed by atoms with Gasteiger partial charge in [-0.1, -0.05) is 0 Å². The number of halogens is 3. The van der Waals surface area contributed by atoms with E-state index in [1.54, 1.807) is 0 Å². The summed E-state index contributed by atoms with van der Waals surface area (Å²) in [5, 5.41) is 0. The molecule has 0 aromatic carbocycles. The van der Waals surface area contributed by atoms with Crippen molar-refractivity contribution in [1.29, 1.82) is 0 Å². The largest absolute Gasteiger partial charge is 0.436 e. The third-order valence-corrected chi connectivity index (χ3v) is 1.45. The quantitative estimate of drug-likeness (QED) is 0.707. The van der Waals surface area contributed by atoms with Gasteiger partial charge in [-0.3, -0.25) is 0 Å². The Hall–Kier alpha value is -1.53. The van der Waals surface area contributed by atoms with Gasteiger partial charge >= 0.3 is 12.3 Å². The Bertz CT molecular complexity index is 307. The van der Waals surface area contributed by atoms with Crippen molar-refractivity contribution in [3.05, 3.63) is 18.7 Å². The number of ether oxygens (including phenoxy) is 1. The molecule has 1 atom stereocenters. The standard InChI is InChI=1S/C7H7F3N2O2/c1-5(7(8,9)10)14-6(13)12-3-2-11-4-12/h2-5H,1H3. The minimum absolute atomic E-state index is 0.759. The molecule has 1 aromatic rings. The molecule has 7 heteroatoms. The van der Waals surface area contributed by atoms with Crippen LogP contribution in [-0.4, -0.2) is 27.9 Å². The van der Waals surface area contributed by atoms with E-state index in [0.717, 1.165) is 17.8 Å². The maximum atomic E-state index is 11.9. The highest BCUT2D eigenvalue weighted by Gasteiger charge is 2.39. The predicted octanol–water partition coefficient (Wildman–Crippen LogP) is 1.82. The molecule has 0 saturated heterocycles. The number of hydrogen-bond donors (Lipinski definition) is 0. The monoisotopic (exact) mass is 208 g/mol. The van der Waals surface area contributed by atoms with Crippen LogP contribution in [0.15, 0.2) is 18.7 Å². The molecule has 1 aromatic heterocycles. The molecule has 0 saturated carbocycles. The minimum Gasteiger partial charge on any atom is -0.436 e. The molecule has 0 aliphatic carbocycles. The van der Waals surface area contributed by atoms with Crippen LogP contribution in [0.1, 0.15) is 6.92 Å². The fraction of sp³-hybridized carbons (Fsp3) is 0.429. The van der Waals surface area contributed by atoms with E-state index >= 15 is 0 Å². The van der Waals surface area contributed by atoms with E-state index in [2.05, 4.69) is 9.72 Å². The van der Waals surface area contributed by atoms with Gasteiger partial charge in [-0.25, -0.2) is 14.3 Å². The van der Waals surface area contributed by atoms with Gasteiger partial charge in [0.2, 0.25) is 0 Å². The number of carbonyl (C=O) groups is 1. The highest BCUT2D eigenvalue weighted by atomic mass is 19.4. The van der Waals surface area contributed by atoms with Crippen LogP contribution >= 0.6 is 0 Å². The van der Waals surface area contributed by atoms with Crippen molar-refractivity contribution in [1.82, 2.24) is 9.55 Å². The zero-order valence-corrected chi connectivity index (χ0v) is 7.15. The number of hydrogen-bond acceptors (Lipinski definition) is 3. The second-order valence-corrected chi connectivity index (χ2v) is 2.54. The Labute approximate surface area is 77.3 Å². The molecule has 0 fully saturated rings. The highest BCUT2D eigenvalue weighted by molar-refractivity contribution is 5.70. The molecule has 0 N–H and O–H groups in total. The van der Waals surface area contributed by atoms with Crippen molar-refractivity contribution in [2.75, 3.05) is 0 Å². The molecule has 14 heavy (non-hydrogen) atoms. The Kier molecular flexibility index (Phi) is 2.78. The molecule has 78 valence electrons. The van der Waals surface area contributed by atoms with Gasteiger partial charge in [0, 0.05) is 12.4 Å². The van der Waals surface area contributed by atoms with Gasteiger partial charge in [-0.2, -0.15) is 13.2 Å². The van der Waals surface area contributed by atoms with Crippen molar-refractivity contribution in [3.8, 4) is 0 Å². The van der Waals surface area contributed by atoms with Crippen molar-refractivity contribution in [2.24, 2.45) is 0 Å². The van der Waals surface area contributed by atoms with Crippen LogP contribution in [0.3, 0.4) is 0 Å². The molecule has 0 amide bonds. The number of alkyl halides is 3. The summed E-state index contributed by atoms with van der Waals surface area (Å²) in [5.74, 6) is 0. The molecular formula is C7H7F3N2O2. The SMILES string of the molecule is CC(OC(=O)n1ccnc1)C(F)(F)F. The number of imidazole rings is 1. The number of carbonyl (C=O) groups excluding carboxylic acids is 1. The summed E-state index contributed by atoms with van der Waals surface area (Å²) in [5.41, 5.74) is 0. The van der Waals surface area contributed by atoms with E-state index < -0.39 is 18.4 Å². The van der Waals surface area contributed by atoms with Crippen LogP contribution in [0.4, 0.5) is 18.0 Å². The number of aromatic nitrogens is 2. The average molecular weight is 208 g/mol. The van der Waals surface area contributed by atoms with Crippen LogP contribution in [0.2, 0.25) is 0 Å². The first-order valence-electron chi connectivity index (χ1n) is 3.67. The lowest BCUT2D eigenvalue weighted by atomic mass is 10.4. The van der Waals surface area contributed by atoms with E-state index in [1.807, 2.05) is 0 Å². The van der Waals surface area contributed by atoms with Crippen LogP contribution in [0.5, 0.6) is 0 Å². The topological polar surface area (TPSA) is 44.1 Å². The maximum absolute atomic E-state index is 11.9. The zero-order chi connectivity index (χ0) is 10.8. The van der Waals surface area contributed by atoms with E-state index in [4.69, 9.17) is 0 Å². The Morgan fingerprint density at radius 3 is 2.64 bits per heavy atom. The van der Waals surface area contributed by atoms with E-state index in [9.17, 15) is 18.0 Å². The second kappa shape index (κ2) is 3.69. The fourth-order valence-electron chi connectivity index (χ4n) is 0.646. The van der Waals surface area contributed by atoms with Gasteiger partial charge in [0.15, 0.2) is 6.10 Å². The van der Waals surface area contributed by atoms with Crippen LogP contribution < -0.4 is 0 Å². The van der Waals surface area contributed by atoms with Crippen molar-refractivity contribution >= 4 is 6.09 Å². The second-order valence-electron chi connectivity index (χ2n) is 2.54. The van der Waals surface area contributed by atoms with Gasteiger partial charge in [0.1, 0.15) is 6.33 Å². The molecule has 0 aliphatic heterocycles. The lowest BCUT2D eigenvalue weighted by molar-refractivity contribution is -0.197. The van der Waals surface area contributed by atoms with Crippen molar-refractivity contribution < 1.29 is 22.7 Å². The third-order valence-electron chi connectivity index (χ3n) is 1.45. The first-order chi connectivity index (χ1) is 6.41. The first kappa shape index (κ1) is 10.6. The van der Waals surface area contributed by atoms with Crippen molar-refractivity contribution in [3.63, 3.8) is 0 Å². The molecule has 0 spiro atoms. The lowest BCUT2D eigenvalue weighted by Gasteiger charge is -2.15. The van der Waals surface area contributed by atoms with E-state index in [1.165, 1.54) is 12.4 Å². The number of nitrogens with zero attached hydrogens (tertiary/aromatic N) is 2. The van der Waals surface area contributed by atoms with E-state index in [-0.39, 0.29) is 0 Å². The van der Waals surface area contributed by atoms with Crippen LogP contribution in [0, 0.1) is 0 Å². The Balaban J connectivity index is 2.58. The summed E-state index contributed by atoms with van der Waals surface area (Å²) >= 11 is 0. The normalized spacial score (nSPS) is 13.7. The molecule has 0 radical (unpaired) electrons. The average Bonchev–Trinajstić information content (AvgIpc) is 2.53. The minimum atomic E-state index is -4.55. The molecule has 0 bridgehead atoms. The Morgan fingerprint density at radius 2 is 2.21 bits per heavy atom. The summed E-state index contributed by atoms with van der Waals surface area (Å²) in [4.78, 5) is 14.5. The summed E-state index contributed by atoms with van der Waals surface area (Å²) in [6, 6.07) is 0. The lowest BCUT2D eigenvalue weighted by Crippen LogP contribution is -2.32. The summed E-state index contributed by atoms with van der Waals surface area (Å²) in [6.45, 7) is 0.759. The maximum Gasteiger partial charge on any atom is 0.425 e. The molecule has 1 rings (SSSR count). The summed E-state index contributed by atoms with van der Waals surface area (Å²) in [6.07, 6.45) is -4.25. The first-order valence-corrected chi connectivity index (χ1v) is 3.67. The van der Waals surface area contributed by atoms with Gasteiger partial charge in [0.25, 0.3) is 0 Å². The number of rotatable bonds is 1. The van der Waals surface area contributed by atoms with Gasteiger partial charge in [-0.05, 0) is 6.92 Å². The Morgan fingerprint density at radius 1 is 1.57 bits per heavy atom. The van der Waals surface area contributed by atoms with Crippen LogP contribution in [0.25, 0.3) is 0 Å². The summed E-state index contributed by atoms with van der Waals surface area (Å²) < 4.78 is 40.8. The molecule has 0 aliphatic rings. The molecule has 1 unspecified atom stereocenters. The third kappa shape index (κ3) is 2.48. The van der Waals surface area contributed by atoms with Gasteiger partial charge in [-0.15, -0.1) is 0 Å². The predicted molar refractivity (Wildman–Crippen MR) is 39.6 cm³/mol. The molecule has 1 heterocycles. The zero-order valence-electron chi connectivity index (χ0n) is 7.15. The molecule has 4 nitrogen and oxygen atoms in total. The van der Waals surface area contributed by atoms with E-state index in [0.29, 0.717) is 0 Å². The fourth-order valence-corrected chi connectivity index (χ4v) is 0.646. The van der Waals surface area contributed by atoms with Crippen molar-refractivity contribution in [2.45, 2.75) is 19.2 Å². The van der Waals surface area contributed by atoms with Crippen LogP contribution in [-0.2, 0) is 4.74 Å². The van der Waals surface area contributed by atoms with Gasteiger partial charge in [0.05, 0.1) is 0 Å². The highest BCUT2D eigenvalue weighted by Crippen LogP contribution is 2.22.